The Kier molecular flexibility index (Phi) is 2.28. The van der Waals surface area contributed by atoms with E-state index in [2.05, 4.69) is 9.98 Å². The molecule has 1 rings (SSSR count). The van der Waals surface area contributed by atoms with Gasteiger partial charge < -0.3 is 10.6 Å². The Hall–Kier alpha value is -1.13. The highest BCUT2D eigenvalue weighted by atomic mass is 19.1. The zero-order valence-electron chi connectivity index (χ0n) is 8.37. The summed E-state index contributed by atoms with van der Waals surface area (Å²) in [7, 11) is 1.77. The Balaban J connectivity index is 2.98. The Labute approximate surface area is 77.3 Å². The molecule has 13 heavy (non-hydrogen) atoms. The van der Waals surface area contributed by atoms with Crippen LogP contribution in [0.15, 0.2) is 9.98 Å². The first-order valence-electron chi connectivity index (χ1n) is 4.16. The molecule has 0 saturated heterocycles. The number of nitrogens with two attached hydrogens (primary N) is 1. The summed E-state index contributed by atoms with van der Waals surface area (Å²) in [4.78, 5) is 9.65. The smallest absolute Gasteiger partial charge is 0.199 e. The highest BCUT2D eigenvalue weighted by molar-refractivity contribution is 6.01. The van der Waals surface area contributed by atoms with E-state index in [9.17, 15) is 4.39 Å². The second kappa shape index (κ2) is 2.97. The fourth-order valence-corrected chi connectivity index (χ4v) is 0.958. The van der Waals surface area contributed by atoms with Crippen LogP contribution in [0.25, 0.3) is 0 Å². The molecule has 1 heterocycles. The van der Waals surface area contributed by atoms with Crippen molar-refractivity contribution in [1.82, 2.24) is 4.90 Å². The average molecular weight is 186 g/mol. The van der Waals surface area contributed by atoms with Gasteiger partial charge in [-0.15, -0.1) is 0 Å². The average Bonchev–Trinajstić information content (AvgIpc) is 1.97. The van der Waals surface area contributed by atoms with E-state index in [-0.39, 0.29) is 12.0 Å². The van der Waals surface area contributed by atoms with Gasteiger partial charge in [-0.3, -0.25) is 0 Å². The predicted molar refractivity (Wildman–Crippen MR) is 51.5 cm³/mol. The Bertz CT molecular complexity index is 264. The molecule has 0 aromatic heterocycles. The van der Waals surface area contributed by atoms with E-state index in [1.807, 2.05) is 6.92 Å². The van der Waals surface area contributed by atoms with E-state index in [0.717, 1.165) is 0 Å². The summed E-state index contributed by atoms with van der Waals surface area (Å²) in [6.07, 6.45) is -0.150. The van der Waals surface area contributed by atoms with E-state index < -0.39 is 5.67 Å². The molecule has 0 radical (unpaired) electrons. The van der Waals surface area contributed by atoms with Crippen LogP contribution in [0.5, 0.6) is 0 Å². The normalized spacial score (nSPS) is 24.1. The minimum absolute atomic E-state index is 0.150. The van der Waals surface area contributed by atoms with Crippen LogP contribution in [0.3, 0.4) is 0 Å². The van der Waals surface area contributed by atoms with Crippen LogP contribution in [-0.4, -0.2) is 35.6 Å². The summed E-state index contributed by atoms with van der Waals surface area (Å²) < 4.78 is 13.4. The third-order valence-corrected chi connectivity index (χ3v) is 1.98. The molecule has 5 heteroatoms. The van der Waals surface area contributed by atoms with Gasteiger partial charge in [-0.1, -0.05) is 0 Å². The van der Waals surface area contributed by atoms with Crippen molar-refractivity contribution >= 4 is 11.8 Å². The van der Waals surface area contributed by atoms with Crippen molar-refractivity contribution in [2.24, 2.45) is 15.7 Å². The molecule has 0 saturated carbocycles. The number of alkyl halides is 1. The number of aliphatic imine (C=N–C) groups is 2. The summed E-state index contributed by atoms with van der Waals surface area (Å²) in [5, 5.41) is 0. The van der Waals surface area contributed by atoms with Gasteiger partial charge in [0.2, 0.25) is 0 Å². The highest BCUT2D eigenvalue weighted by Gasteiger charge is 2.29. The van der Waals surface area contributed by atoms with Gasteiger partial charge in [-0.2, -0.15) is 4.99 Å². The molecule has 1 unspecified atom stereocenters. The number of halogens is 1. The molecule has 0 aromatic rings. The lowest BCUT2D eigenvalue weighted by molar-refractivity contribution is 0.300. The van der Waals surface area contributed by atoms with E-state index in [4.69, 9.17) is 5.73 Å². The molecule has 0 bridgehead atoms. The Morgan fingerprint density at radius 2 is 2.08 bits per heavy atom. The van der Waals surface area contributed by atoms with Crippen molar-refractivity contribution in [1.29, 1.82) is 0 Å². The number of hydrogen-bond donors (Lipinski definition) is 1. The summed E-state index contributed by atoms with van der Waals surface area (Å²) in [6.45, 7) is 4.68. The maximum absolute atomic E-state index is 13.4. The van der Waals surface area contributed by atoms with Crippen molar-refractivity contribution in [3.63, 3.8) is 0 Å². The number of rotatable bonds is 1. The molecule has 2 N–H and O–H groups in total. The standard InChI is InChI=1S/C8H15FN4/c1-5-11-6(8(2,3)9)12-7(10)13(5)4/h5H,1-4H3,(H2,10,11,12). The van der Waals surface area contributed by atoms with Gasteiger partial charge >= 0.3 is 0 Å². The van der Waals surface area contributed by atoms with Crippen LogP contribution in [0.4, 0.5) is 4.39 Å². The topological polar surface area (TPSA) is 54.0 Å². The van der Waals surface area contributed by atoms with Gasteiger partial charge in [0.1, 0.15) is 6.17 Å². The van der Waals surface area contributed by atoms with Crippen molar-refractivity contribution < 1.29 is 4.39 Å². The molecule has 74 valence electrons. The molecule has 1 aliphatic heterocycles. The third kappa shape index (κ3) is 1.96. The van der Waals surface area contributed by atoms with Gasteiger partial charge in [0.25, 0.3) is 0 Å². The van der Waals surface area contributed by atoms with Crippen molar-refractivity contribution in [2.45, 2.75) is 32.6 Å². The zero-order valence-corrected chi connectivity index (χ0v) is 8.37. The predicted octanol–water partition coefficient (Wildman–Crippen LogP) is 0.739. The second-order valence-corrected chi connectivity index (χ2v) is 3.64. The van der Waals surface area contributed by atoms with Crippen molar-refractivity contribution in [3.8, 4) is 0 Å². The lowest BCUT2D eigenvalue weighted by Gasteiger charge is -2.29. The van der Waals surface area contributed by atoms with Crippen LogP contribution < -0.4 is 5.73 Å². The van der Waals surface area contributed by atoms with E-state index in [0.29, 0.717) is 5.96 Å². The maximum Gasteiger partial charge on any atom is 0.199 e. The first-order chi connectivity index (χ1) is 5.82. The largest absolute Gasteiger partial charge is 0.369 e. The Morgan fingerprint density at radius 3 is 2.46 bits per heavy atom. The monoisotopic (exact) mass is 186 g/mol. The van der Waals surface area contributed by atoms with Gasteiger partial charge in [-0.25, -0.2) is 9.38 Å². The molecular formula is C8H15FN4. The number of nitrogens with zero attached hydrogens (tertiary/aromatic N) is 3. The summed E-state index contributed by atoms with van der Waals surface area (Å²) in [6, 6.07) is 0. The maximum atomic E-state index is 13.4. The van der Waals surface area contributed by atoms with Gasteiger partial charge in [0.05, 0.1) is 0 Å². The van der Waals surface area contributed by atoms with Crippen LogP contribution in [0.1, 0.15) is 20.8 Å². The third-order valence-electron chi connectivity index (χ3n) is 1.98. The fraction of sp³-hybridized carbons (Fsp3) is 0.750. The lowest BCUT2D eigenvalue weighted by atomic mass is 10.1. The van der Waals surface area contributed by atoms with Crippen LogP contribution in [-0.2, 0) is 0 Å². The molecule has 0 aromatic carbocycles. The van der Waals surface area contributed by atoms with Crippen LogP contribution in [0.2, 0.25) is 0 Å². The minimum Gasteiger partial charge on any atom is -0.369 e. The van der Waals surface area contributed by atoms with Crippen LogP contribution >= 0.6 is 0 Å². The molecular weight excluding hydrogens is 171 g/mol. The quantitative estimate of drug-likeness (QED) is 0.656. The first kappa shape index (κ1) is 9.95. The Morgan fingerprint density at radius 1 is 1.54 bits per heavy atom. The molecule has 0 amide bonds. The van der Waals surface area contributed by atoms with Gasteiger partial charge in [-0.05, 0) is 20.8 Å². The van der Waals surface area contributed by atoms with Gasteiger partial charge in [0, 0.05) is 7.05 Å². The summed E-state index contributed by atoms with van der Waals surface area (Å²) >= 11 is 0. The van der Waals surface area contributed by atoms with E-state index in [1.165, 1.54) is 13.8 Å². The number of guanidine groups is 1. The molecule has 1 atom stereocenters. The lowest BCUT2D eigenvalue weighted by Crippen LogP contribution is -2.45. The minimum atomic E-state index is -1.53. The second-order valence-electron chi connectivity index (χ2n) is 3.64. The van der Waals surface area contributed by atoms with E-state index in [1.54, 1.807) is 11.9 Å². The SMILES string of the molecule is CC1N=C(C(C)(C)F)N=C(N)N1C. The van der Waals surface area contributed by atoms with Crippen molar-refractivity contribution in [2.75, 3.05) is 7.05 Å². The molecule has 0 aliphatic carbocycles. The molecule has 1 aliphatic rings. The number of hydrogen-bond acceptors (Lipinski definition) is 4. The van der Waals surface area contributed by atoms with Crippen LogP contribution in [0, 0.1) is 0 Å². The molecule has 4 nitrogen and oxygen atoms in total. The van der Waals surface area contributed by atoms with Crippen molar-refractivity contribution in [3.05, 3.63) is 0 Å². The molecule has 0 spiro atoms. The van der Waals surface area contributed by atoms with E-state index >= 15 is 0 Å². The highest BCUT2D eigenvalue weighted by Crippen LogP contribution is 2.17. The first-order valence-corrected chi connectivity index (χ1v) is 4.16. The zero-order chi connectivity index (χ0) is 10.2. The summed E-state index contributed by atoms with van der Waals surface area (Å²) in [5.41, 5.74) is 4.06. The fourth-order valence-electron chi connectivity index (χ4n) is 0.958. The summed E-state index contributed by atoms with van der Waals surface area (Å²) in [5.74, 6) is 0.471. The van der Waals surface area contributed by atoms with Gasteiger partial charge in [0.15, 0.2) is 17.5 Å². The molecule has 0 fully saturated rings. The number of amidine groups is 1.